The van der Waals surface area contributed by atoms with E-state index in [9.17, 15) is 9.59 Å². The van der Waals surface area contributed by atoms with Crippen molar-refractivity contribution in [3.8, 4) is 0 Å². The summed E-state index contributed by atoms with van der Waals surface area (Å²) in [5.74, 6) is -0.660. The number of thiazole rings is 1. The average molecular weight is 370 g/mol. The fourth-order valence-electron chi connectivity index (χ4n) is 2.34. The predicted molar refractivity (Wildman–Crippen MR) is 96.9 cm³/mol. The number of carbonyl (C=O) groups is 2. The van der Waals surface area contributed by atoms with Gasteiger partial charge in [-0.1, -0.05) is 29.8 Å². The minimum atomic E-state index is -0.599. The first-order valence-corrected chi connectivity index (χ1v) is 8.89. The van der Waals surface area contributed by atoms with Gasteiger partial charge in [0.2, 0.25) is 0 Å². The van der Waals surface area contributed by atoms with Crippen LogP contribution in [0.5, 0.6) is 0 Å². The third kappa shape index (κ3) is 4.37. The van der Waals surface area contributed by atoms with Crippen molar-refractivity contribution in [3.63, 3.8) is 0 Å². The van der Waals surface area contributed by atoms with Crippen molar-refractivity contribution in [1.82, 2.24) is 4.57 Å². The zero-order chi connectivity index (χ0) is 18.5. The fourth-order valence-corrected chi connectivity index (χ4v) is 3.08. The van der Waals surface area contributed by atoms with Crippen molar-refractivity contribution in [2.45, 2.75) is 20.4 Å². The van der Waals surface area contributed by atoms with Gasteiger partial charge in [0, 0.05) is 18.1 Å². The van der Waals surface area contributed by atoms with Crippen molar-refractivity contribution < 1.29 is 18.7 Å². The molecule has 0 atom stereocenters. The van der Waals surface area contributed by atoms with E-state index in [0.717, 1.165) is 5.56 Å². The van der Waals surface area contributed by atoms with E-state index in [1.165, 1.54) is 29.2 Å². The molecule has 134 valence electrons. The fraction of sp³-hybridized carbons (Fsp3) is 0.211. The second-order valence-corrected chi connectivity index (χ2v) is 6.64. The monoisotopic (exact) mass is 370 g/mol. The van der Waals surface area contributed by atoms with Crippen LogP contribution in [0.4, 0.5) is 0 Å². The highest BCUT2D eigenvalue weighted by molar-refractivity contribution is 7.07. The zero-order valence-electron chi connectivity index (χ0n) is 14.5. The molecule has 6 nitrogen and oxygen atoms in total. The molecular weight excluding hydrogens is 352 g/mol. The molecule has 0 N–H and O–H groups in total. The van der Waals surface area contributed by atoms with Gasteiger partial charge in [0.15, 0.2) is 11.4 Å². The number of rotatable bonds is 5. The van der Waals surface area contributed by atoms with Crippen molar-refractivity contribution in [2.24, 2.45) is 4.99 Å². The molecule has 7 heteroatoms. The van der Waals surface area contributed by atoms with Crippen molar-refractivity contribution in [3.05, 3.63) is 75.4 Å². The topological polar surface area (TPSA) is 73.8 Å². The van der Waals surface area contributed by atoms with E-state index in [1.807, 2.05) is 47.3 Å². The summed E-state index contributed by atoms with van der Waals surface area (Å²) < 4.78 is 11.9. The highest BCUT2D eigenvalue weighted by Crippen LogP contribution is 2.10. The van der Waals surface area contributed by atoms with Gasteiger partial charge in [-0.2, -0.15) is 4.99 Å². The van der Waals surface area contributed by atoms with Crippen LogP contribution in [-0.2, 0) is 16.1 Å². The van der Waals surface area contributed by atoms with E-state index in [2.05, 4.69) is 4.99 Å². The van der Waals surface area contributed by atoms with E-state index in [-0.39, 0.29) is 0 Å². The maximum atomic E-state index is 12.0. The highest BCUT2D eigenvalue weighted by Gasteiger charge is 2.14. The van der Waals surface area contributed by atoms with Crippen LogP contribution in [0.1, 0.15) is 27.2 Å². The zero-order valence-corrected chi connectivity index (χ0v) is 15.3. The first-order valence-electron chi connectivity index (χ1n) is 8.01. The quantitative estimate of drug-likeness (QED) is 0.647. The molecule has 0 spiro atoms. The Bertz CT molecular complexity index is 979. The van der Waals surface area contributed by atoms with Crippen LogP contribution < -0.4 is 4.80 Å². The molecule has 0 unspecified atom stereocenters. The van der Waals surface area contributed by atoms with E-state index in [4.69, 9.17) is 9.15 Å². The third-order valence-electron chi connectivity index (χ3n) is 3.76. The lowest BCUT2D eigenvalue weighted by Gasteiger charge is -2.04. The van der Waals surface area contributed by atoms with Crippen LogP contribution in [0, 0.1) is 13.8 Å². The van der Waals surface area contributed by atoms with Gasteiger partial charge in [0.05, 0.1) is 6.26 Å². The van der Waals surface area contributed by atoms with Gasteiger partial charge in [-0.25, -0.2) is 4.79 Å². The Morgan fingerprint density at radius 3 is 2.65 bits per heavy atom. The summed E-state index contributed by atoms with van der Waals surface area (Å²) in [4.78, 5) is 28.5. The first-order chi connectivity index (χ1) is 12.5. The number of amides is 1. The smallest absolute Gasteiger partial charge is 0.342 e. The largest absolute Gasteiger partial charge is 0.469 e. The number of benzene rings is 1. The van der Waals surface area contributed by atoms with Crippen LogP contribution in [-0.4, -0.2) is 23.1 Å². The molecule has 0 saturated heterocycles. The number of carbonyl (C=O) groups excluding carboxylic acids is 2. The molecule has 0 radical (unpaired) electrons. The molecule has 0 fully saturated rings. The molecule has 0 bridgehead atoms. The summed E-state index contributed by atoms with van der Waals surface area (Å²) in [5, 5.41) is 1.86. The number of esters is 1. The Kier molecular flexibility index (Phi) is 5.48. The number of aryl methyl sites for hydroxylation is 2. The van der Waals surface area contributed by atoms with Gasteiger partial charge in [0.1, 0.15) is 11.3 Å². The maximum Gasteiger partial charge on any atom is 0.342 e. The minimum Gasteiger partial charge on any atom is -0.469 e. The predicted octanol–water partition coefficient (Wildman–Crippen LogP) is 3.09. The number of hydrogen-bond donors (Lipinski definition) is 0. The summed E-state index contributed by atoms with van der Waals surface area (Å²) in [6.45, 7) is 3.89. The molecule has 1 amide bonds. The van der Waals surface area contributed by atoms with Crippen LogP contribution in [0.25, 0.3) is 0 Å². The summed E-state index contributed by atoms with van der Waals surface area (Å²) in [6.07, 6.45) is 3.27. The van der Waals surface area contributed by atoms with Gasteiger partial charge in [-0.15, -0.1) is 11.3 Å². The lowest BCUT2D eigenvalue weighted by molar-refractivity contribution is -0.121. The minimum absolute atomic E-state index is 0.309. The van der Waals surface area contributed by atoms with Crippen molar-refractivity contribution >= 4 is 23.2 Å². The van der Waals surface area contributed by atoms with Gasteiger partial charge in [0.25, 0.3) is 5.91 Å². The molecule has 0 saturated carbocycles. The molecular formula is C19H18N2O4S. The molecule has 26 heavy (non-hydrogen) atoms. The lowest BCUT2D eigenvalue weighted by atomic mass is 10.1. The third-order valence-corrected chi connectivity index (χ3v) is 4.55. The Morgan fingerprint density at radius 2 is 1.96 bits per heavy atom. The van der Waals surface area contributed by atoms with Crippen LogP contribution >= 0.6 is 11.3 Å². The molecule has 3 aromatic rings. The Labute approximate surface area is 154 Å². The Morgan fingerprint density at radius 1 is 1.19 bits per heavy atom. The molecule has 0 aliphatic carbocycles. The Hall–Kier alpha value is -2.93. The summed E-state index contributed by atoms with van der Waals surface area (Å²) in [5.41, 5.74) is 2.62. The molecule has 1 aromatic carbocycles. The number of hydrogen-bond acceptors (Lipinski definition) is 5. The average Bonchev–Trinajstić information content (AvgIpc) is 3.24. The second-order valence-electron chi connectivity index (χ2n) is 5.77. The normalized spacial score (nSPS) is 11.5. The lowest BCUT2D eigenvalue weighted by Crippen LogP contribution is -2.20. The standard InChI is InChI=1S/C19H18N2O4S/c1-13-3-5-15(6-4-13)11-21-8-10-26-19(21)20-17(22)12-25-18(23)16-7-9-24-14(16)2/h3-10H,11-12H2,1-2H3. The van der Waals surface area contributed by atoms with E-state index in [1.54, 1.807) is 6.92 Å². The van der Waals surface area contributed by atoms with E-state index in [0.29, 0.717) is 22.7 Å². The number of aromatic nitrogens is 1. The van der Waals surface area contributed by atoms with Gasteiger partial charge < -0.3 is 13.7 Å². The van der Waals surface area contributed by atoms with Gasteiger partial charge in [-0.05, 0) is 25.5 Å². The van der Waals surface area contributed by atoms with Crippen molar-refractivity contribution in [1.29, 1.82) is 0 Å². The van der Waals surface area contributed by atoms with Gasteiger partial charge in [-0.3, -0.25) is 4.79 Å². The first kappa shape index (κ1) is 17.9. The molecule has 2 aromatic heterocycles. The molecule has 0 aliphatic heterocycles. The molecule has 2 heterocycles. The van der Waals surface area contributed by atoms with Gasteiger partial charge >= 0.3 is 5.97 Å². The van der Waals surface area contributed by atoms with E-state index < -0.39 is 18.5 Å². The van der Waals surface area contributed by atoms with Crippen LogP contribution in [0.2, 0.25) is 0 Å². The van der Waals surface area contributed by atoms with Crippen LogP contribution in [0.15, 0.2) is 57.6 Å². The summed E-state index contributed by atoms with van der Waals surface area (Å²) in [7, 11) is 0. The van der Waals surface area contributed by atoms with E-state index >= 15 is 0 Å². The second kappa shape index (κ2) is 7.97. The number of ether oxygens (including phenoxy) is 1. The number of nitrogens with zero attached hydrogens (tertiary/aromatic N) is 2. The van der Waals surface area contributed by atoms with Crippen molar-refractivity contribution in [2.75, 3.05) is 6.61 Å². The highest BCUT2D eigenvalue weighted by atomic mass is 32.1. The number of furan rings is 1. The SMILES string of the molecule is Cc1ccc(Cn2ccsc2=NC(=O)COC(=O)c2ccoc2C)cc1. The summed E-state index contributed by atoms with van der Waals surface area (Å²) in [6, 6.07) is 9.68. The maximum absolute atomic E-state index is 12.0. The molecule has 3 rings (SSSR count). The summed E-state index contributed by atoms with van der Waals surface area (Å²) >= 11 is 1.35. The van der Waals surface area contributed by atoms with Crippen LogP contribution in [0.3, 0.4) is 0 Å². The Balaban J connectivity index is 1.65. The molecule has 0 aliphatic rings.